The lowest BCUT2D eigenvalue weighted by atomic mass is 10.1. The molecule has 0 radical (unpaired) electrons. The van der Waals surface area contributed by atoms with Crippen molar-refractivity contribution in [1.82, 2.24) is 14.5 Å². The smallest absolute Gasteiger partial charge is 0.304 e. The number of hydrogen-bond donors (Lipinski definition) is 1. The van der Waals surface area contributed by atoms with Crippen molar-refractivity contribution in [3.63, 3.8) is 0 Å². The third kappa shape index (κ3) is 6.25. The number of amides is 2. The summed E-state index contributed by atoms with van der Waals surface area (Å²) in [7, 11) is 0.301. The molecule has 0 unspecified atom stereocenters. The molecule has 0 bridgehead atoms. The highest BCUT2D eigenvalue weighted by Crippen LogP contribution is 2.26. The fourth-order valence-electron chi connectivity index (χ4n) is 3.29. The summed E-state index contributed by atoms with van der Waals surface area (Å²) >= 11 is 6.29. The molecule has 0 spiro atoms. The molecule has 0 saturated carbocycles. The number of carbonyl (C=O) groups excluding carboxylic acids is 2. The maximum atomic E-state index is 13.5. The van der Waals surface area contributed by atoms with Gasteiger partial charge in [-0.1, -0.05) is 41.9 Å². The molecule has 0 aliphatic carbocycles. The van der Waals surface area contributed by atoms with Gasteiger partial charge in [-0.25, -0.2) is 4.31 Å². The van der Waals surface area contributed by atoms with Gasteiger partial charge in [0.2, 0.25) is 11.8 Å². The molecule has 0 aromatic heterocycles. The molecule has 2 aromatic carbocycles. The Morgan fingerprint density at radius 2 is 1.73 bits per heavy atom. The first-order valence-electron chi connectivity index (χ1n) is 10.4. The van der Waals surface area contributed by atoms with Crippen LogP contribution in [0.2, 0.25) is 5.02 Å². The minimum Gasteiger partial charge on any atom is -0.357 e. The molecule has 33 heavy (non-hydrogen) atoms. The summed E-state index contributed by atoms with van der Waals surface area (Å²) in [6.07, 6.45) is 0. The predicted octanol–water partition coefficient (Wildman–Crippen LogP) is 2.73. The minimum absolute atomic E-state index is 0.0513. The molecule has 2 aromatic rings. The Bertz CT molecular complexity index is 1120. The third-order valence-electron chi connectivity index (χ3n) is 5.36. The van der Waals surface area contributed by atoms with Crippen LogP contribution in [0.1, 0.15) is 23.6 Å². The zero-order valence-corrected chi connectivity index (χ0v) is 21.4. The van der Waals surface area contributed by atoms with Crippen molar-refractivity contribution in [2.24, 2.45) is 0 Å². The van der Waals surface area contributed by atoms with Gasteiger partial charge >= 0.3 is 10.2 Å². The molecule has 180 valence electrons. The fraction of sp³-hybridized carbons (Fsp3) is 0.391. The van der Waals surface area contributed by atoms with Gasteiger partial charge < -0.3 is 10.2 Å². The van der Waals surface area contributed by atoms with Crippen LogP contribution in [0.15, 0.2) is 42.5 Å². The first-order valence-corrected chi connectivity index (χ1v) is 12.2. The van der Waals surface area contributed by atoms with Crippen molar-refractivity contribution in [1.29, 1.82) is 0 Å². The summed E-state index contributed by atoms with van der Waals surface area (Å²) in [4.78, 5) is 27.3. The summed E-state index contributed by atoms with van der Waals surface area (Å²) in [5.41, 5.74) is 2.61. The van der Waals surface area contributed by atoms with Crippen molar-refractivity contribution in [2.75, 3.05) is 32.0 Å². The molecule has 1 N–H and O–H groups in total. The SMILES string of the molecule is CNC(=O)[C@@H](C)N(Cc1ccccc1Cl)C(=O)CN(c1cc(C)ccc1C)S(=O)(=O)N(C)C. The normalized spacial score (nSPS) is 12.4. The van der Waals surface area contributed by atoms with Gasteiger partial charge in [-0.05, 0) is 49.6 Å². The van der Waals surface area contributed by atoms with Crippen LogP contribution in [0.25, 0.3) is 0 Å². The number of nitrogens with one attached hydrogen (secondary N) is 1. The van der Waals surface area contributed by atoms with Crippen LogP contribution in [-0.2, 0) is 26.3 Å². The summed E-state index contributed by atoms with van der Waals surface area (Å²) in [6.45, 7) is 4.80. The second-order valence-corrected chi connectivity index (χ2v) is 10.5. The Morgan fingerprint density at radius 1 is 1.09 bits per heavy atom. The van der Waals surface area contributed by atoms with E-state index in [9.17, 15) is 18.0 Å². The molecule has 0 aliphatic heterocycles. The van der Waals surface area contributed by atoms with Gasteiger partial charge in [-0.2, -0.15) is 12.7 Å². The zero-order valence-electron chi connectivity index (χ0n) is 19.8. The van der Waals surface area contributed by atoms with E-state index in [1.165, 1.54) is 26.0 Å². The quantitative estimate of drug-likeness (QED) is 0.580. The molecule has 0 saturated heterocycles. The van der Waals surface area contributed by atoms with Crippen molar-refractivity contribution in [2.45, 2.75) is 33.4 Å². The highest BCUT2D eigenvalue weighted by atomic mass is 35.5. The summed E-state index contributed by atoms with van der Waals surface area (Å²) < 4.78 is 28.5. The van der Waals surface area contributed by atoms with E-state index in [1.54, 1.807) is 44.2 Å². The number of carbonyl (C=O) groups is 2. The number of nitrogens with zero attached hydrogens (tertiary/aromatic N) is 3. The Hall–Kier alpha value is -2.62. The molecule has 8 nitrogen and oxygen atoms in total. The van der Waals surface area contributed by atoms with Crippen molar-refractivity contribution < 1.29 is 18.0 Å². The number of aryl methyl sites for hydroxylation is 2. The van der Waals surface area contributed by atoms with Crippen LogP contribution in [0.4, 0.5) is 5.69 Å². The van der Waals surface area contributed by atoms with E-state index in [0.717, 1.165) is 14.2 Å². The maximum Gasteiger partial charge on any atom is 0.304 e. The molecule has 10 heteroatoms. The van der Waals surface area contributed by atoms with E-state index in [2.05, 4.69) is 5.32 Å². The van der Waals surface area contributed by atoms with E-state index in [4.69, 9.17) is 11.6 Å². The van der Waals surface area contributed by atoms with Gasteiger partial charge in [0.25, 0.3) is 0 Å². The molecule has 2 amide bonds. The Kier molecular flexibility index (Phi) is 8.88. The second-order valence-electron chi connectivity index (χ2n) is 7.99. The number of benzene rings is 2. The number of likely N-dealkylation sites (N-methyl/N-ethyl adjacent to an activating group) is 1. The van der Waals surface area contributed by atoms with Crippen molar-refractivity contribution >= 4 is 39.3 Å². The van der Waals surface area contributed by atoms with Crippen LogP contribution in [0.3, 0.4) is 0 Å². The molecule has 1 atom stereocenters. The number of anilines is 1. The van der Waals surface area contributed by atoms with Gasteiger partial charge in [0.05, 0.1) is 5.69 Å². The summed E-state index contributed by atoms with van der Waals surface area (Å²) in [5.74, 6) is -0.901. The van der Waals surface area contributed by atoms with E-state index < -0.39 is 28.7 Å². The molecule has 0 fully saturated rings. The van der Waals surface area contributed by atoms with Gasteiger partial charge in [-0.3, -0.25) is 9.59 Å². The van der Waals surface area contributed by atoms with Crippen LogP contribution in [0.5, 0.6) is 0 Å². The van der Waals surface area contributed by atoms with E-state index in [-0.39, 0.29) is 12.5 Å². The first-order chi connectivity index (χ1) is 15.4. The highest BCUT2D eigenvalue weighted by molar-refractivity contribution is 7.90. The third-order valence-corrected chi connectivity index (χ3v) is 7.54. The second kappa shape index (κ2) is 11.0. The monoisotopic (exact) mass is 494 g/mol. The van der Waals surface area contributed by atoms with Gasteiger partial charge in [-0.15, -0.1) is 0 Å². The molecular weight excluding hydrogens is 464 g/mol. The lowest BCUT2D eigenvalue weighted by molar-refractivity contribution is -0.139. The fourth-order valence-corrected chi connectivity index (χ4v) is 4.60. The van der Waals surface area contributed by atoms with Crippen LogP contribution in [-0.4, -0.2) is 63.2 Å². The number of hydrogen-bond acceptors (Lipinski definition) is 4. The average Bonchev–Trinajstić information content (AvgIpc) is 2.77. The lowest BCUT2D eigenvalue weighted by Gasteiger charge is -2.33. The Labute approximate surface area is 201 Å². The van der Waals surface area contributed by atoms with Crippen molar-refractivity contribution in [3.8, 4) is 0 Å². The molecule has 2 rings (SSSR count). The lowest BCUT2D eigenvalue weighted by Crippen LogP contribution is -2.52. The van der Waals surface area contributed by atoms with E-state index >= 15 is 0 Å². The molecule has 0 heterocycles. The van der Waals surface area contributed by atoms with Crippen molar-refractivity contribution in [3.05, 3.63) is 64.2 Å². The molecule has 0 aliphatic rings. The molecular formula is C23H31ClN4O4S. The zero-order chi connectivity index (χ0) is 24.9. The first kappa shape index (κ1) is 26.6. The largest absolute Gasteiger partial charge is 0.357 e. The summed E-state index contributed by atoms with van der Waals surface area (Å²) in [5, 5.41) is 3.00. The summed E-state index contributed by atoms with van der Waals surface area (Å²) in [6, 6.07) is 11.6. The van der Waals surface area contributed by atoms with Gasteiger partial charge in [0, 0.05) is 32.7 Å². The Balaban J connectivity index is 2.52. The Morgan fingerprint density at radius 3 is 2.30 bits per heavy atom. The predicted molar refractivity (Wildman–Crippen MR) is 131 cm³/mol. The maximum absolute atomic E-state index is 13.5. The standard InChI is InChI=1S/C23H31ClN4O4S/c1-16-11-12-17(2)21(13-16)28(33(31,32)26(5)6)15-22(29)27(18(3)23(30)25-4)14-19-9-7-8-10-20(19)24/h7-13,18H,14-15H2,1-6H3,(H,25,30)/t18-/m1/s1. The van der Waals surface area contributed by atoms with Crippen LogP contribution >= 0.6 is 11.6 Å². The van der Waals surface area contributed by atoms with E-state index in [0.29, 0.717) is 21.8 Å². The highest BCUT2D eigenvalue weighted by Gasteiger charge is 2.33. The van der Waals surface area contributed by atoms with Gasteiger partial charge in [0.1, 0.15) is 12.6 Å². The van der Waals surface area contributed by atoms with Gasteiger partial charge in [0.15, 0.2) is 0 Å². The number of halogens is 1. The van der Waals surface area contributed by atoms with Crippen LogP contribution < -0.4 is 9.62 Å². The van der Waals surface area contributed by atoms with Crippen LogP contribution in [0, 0.1) is 13.8 Å². The average molecular weight is 495 g/mol. The van der Waals surface area contributed by atoms with E-state index in [1.807, 2.05) is 19.1 Å². The topological polar surface area (TPSA) is 90.0 Å². The minimum atomic E-state index is -4.00. The number of rotatable bonds is 9.